The van der Waals surface area contributed by atoms with E-state index < -0.39 is 0 Å². The molecule has 21 heavy (non-hydrogen) atoms. The highest BCUT2D eigenvalue weighted by Gasteiger charge is 2.11. The first-order valence-corrected chi connectivity index (χ1v) is 6.79. The Morgan fingerprint density at radius 2 is 1.86 bits per heavy atom. The number of rotatable bonds is 3. The van der Waals surface area contributed by atoms with E-state index in [1.165, 1.54) is 0 Å². The Balaban J connectivity index is 2.19. The number of fused-ring (bicyclic) bond motifs is 1. The molecule has 2 aromatic carbocycles. The zero-order chi connectivity index (χ0) is 14.8. The van der Waals surface area contributed by atoms with Gasteiger partial charge in [0.1, 0.15) is 17.1 Å². The average molecular weight is 280 g/mol. The second kappa shape index (κ2) is 5.40. The molecule has 0 aliphatic heterocycles. The topological polar surface area (TPSA) is 44.1 Å². The molecular formula is C17H16N2O2. The molecule has 0 radical (unpaired) electrons. The summed E-state index contributed by atoms with van der Waals surface area (Å²) in [5.41, 5.74) is 1.65. The fourth-order valence-corrected chi connectivity index (χ4v) is 2.44. The molecule has 0 spiro atoms. The zero-order valence-corrected chi connectivity index (χ0v) is 12.0. The summed E-state index contributed by atoms with van der Waals surface area (Å²) in [6.45, 7) is 2.36. The van der Waals surface area contributed by atoms with Crippen LogP contribution < -0.4 is 10.3 Å². The molecule has 0 aliphatic rings. The van der Waals surface area contributed by atoms with Gasteiger partial charge in [0.25, 0.3) is 5.56 Å². The summed E-state index contributed by atoms with van der Waals surface area (Å²) >= 11 is 0. The molecule has 1 aromatic heterocycles. The van der Waals surface area contributed by atoms with Crippen molar-refractivity contribution in [3.05, 3.63) is 70.3 Å². The molecule has 0 aliphatic carbocycles. The van der Waals surface area contributed by atoms with E-state index in [0.717, 1.165) is 5.56 Å². The van der Waals surface area contributed by atoms with Gasteiger partial charge < -0.3 is 4.74 Å². The molecular weight excluding hydrogens is 264 g/mol. The van der Waals surface area contributed by atoms with Crippen molar-refractivity contribution in [1.29, 1.82) is 0 Å². The molecule has 4 heteroatoms. The summed E-state index contributed by atoms with van der Waals surface area (Å²) in [4.78, 5) is 17.2. The number of benzene rings is 2. The summed E-state index contributed by atoms with van der Waals surface area (Å²) in [5.74, 6) is 1.31. The Morgan fingerprint density at radius 1 is 1.10 bits per heavy atom. The van der Waals surface area contributed by atoms with Gasteiger partial charge in [-0.3, -0.25) is 9.36 Å². The minimum Gasteiger partial charge on any atom is -0.494 e. The van der Waals surface area contributed by atoms with E-state index in [2.05, 4.69) is 4.98 Å². The van der Waals surface area contributed by atoms with Crippen molar-refractivity contribution in [2.45, 2.75) is 13.5 Å². The van der Waals surface area contributed by atoms with Crippen molar-refractivity contribution in [3.8, 4) is 5.75 Å². The largest absolute Gasteiger partial charge is 0.494 e. The predicted octanol–water partition coefficient (Wildman–Crippen LogP) is 2.76. The Morgan fingerprint density at radius 3 is 2.57 bits per heavy atom. The van der Waals surface area contributed by atoms with Crippen LogP contribution in [-0.2, 0) is 6.54 Å². The highest BCUT2D eigenvalue weighted by Crippen LogP contribution is 2.21. The molecule has 0 unspecified atom stereocenters. The number of ether oxygens (including phenoxy) is 1. The van der Waals surface area contributed by atoms with E-state index in [1.54, 1.807) is 17.7 Å². The molecule has 4 nitrogen and oxygen atoms in total. The monoisotopic (exact) mass is 280 g/mol. The lowest BCUT2D eigenvalue weighted by Crippen LogP contribution is -2.24. The van der Waals surface area contributed by atoms with E-state index in [9.17, 15) is 4.79 Å². The summed E-state index contributed by atoms with van der Waals surface area (Å²) < 4.78 is 6.98. The second-order valence-electron chi connectivity index (χ2n) is 4.89. The van der Waals surface area contributed by atoms with Gasteiger partial charge in [0.15, 0.2) is 0 Å². The van der Waals surface area contributed by atoms with Gasteiger partial charge in [-0.2, -0.15) is 0 Å². The number of aromatic nitrogens is 2. The van der Waals surface area contributed by atoms with Gasteiger partial charge in [0.2, 0.25) is 0 Å². The first-order valence-electron chi connectivity index (χ1n) is 6.79. The van der Waals surface area contributed by atoms with Crippen LogP contribution in [0.4, 0.5) is 0 Å². The van der Waals surface area contributed by atoms with Crippen LogP contribution in [-0.4, -0.2) is 16.7 Å². The van der Waals surface area contributed by atoms with Crippen LogP contribution in [0.25, 0.3) is 10.9 Å². The third-order valence-electron chi connectivity index (χ3n) is 3.54. The number of methoxy groups -OCH3 is 1. The van der Waals surface area contributed by atoms with Crippen LogP contribution in [0.1, 0.15) is 11.4 Å². The maximum absolute atomic E-state index is 12.7. The van der Waals surface area contributed by atoms with Crippen LogP contribution in [0.2, 0.25) is 0 Å². The SMILES string of the molecule is COc1cccc2c(=O)n(Cc3ccccc3)c(C)nc12. The van der Waals surface area contributed by atoms with E-state index in [4.69, 9.17) is 4.74 Å². The normalized spacial score (nSPS) is 10.8. The van der Waals surface area contributed by atoms with E-state index in [0.29, 0.717) is 29.0 Å². The van der Waals surface area contributed by atoms with E-state index in [1.807, 2.05) is 49.4 Å². The quantitative estimate of drug-likeness (QED) is 0.741. The van der Waals surface area contributed by atoms with Gasteiger partial charge in [-0.25, -0.2) is 4.98 Å². The number of aryl methyl sites for hydroxylation is 1. The lowest BCUT2D eigenvalue weighted by molar-refractivity contribution is 0.418. The van der Waals surface area contributed by atoms with Crippen LogP contribution in [0.5, 0.6) is 5.75 Å². The fourth-order valence-electron chi connectivity index (χ4n) is 2.44. The fraction of sp³-hybridized carbons (Fsp3) is 0.176. The molecule has 0 saturated carbocycles. The first-order chi connectivity index (χ1) is 10.2. The van der Waals surface area contributed by atoms with Crippen LogP contribution in [0.3, 0.4) is 0 Å². The van der Waals surface area contributed by atoms with Crippen LogP contribution in [0.15, 0.2) is 53.3 Å². The maximum atomic E-state index is 12.7. The summed E-state index contributed by atoms with van der Waals surface area (Å²) in [6, 6.07) is 15.3. The average Bonchev–Trinajstić information content (AvgIpc) is 2.52. The predicted molar refractivity (Wildman–Crippen MR) is 82.8 cm³/mol. The molecule has 0 atom stereocenters. The molecule has 0 amide bonds. The Bertz CT molecular complexity index is 839. The van der Waals surface area contributed by atoms with Crippen molar-refractivity contribution in [2.75, 3.05) is 7.11 Å². The molecule has 0 saturated heterocycles. The van der Waals surface area contributed by atoms with Crippen LogP contribution in [0, 0.1) is 6.92 Å². The zero-order valence-electron chi connectivity index (χ0n) is 12.0. The summed E-state index contributed by atoms with van der Waals surface area (Å²) in [7, 11) is 1.58. The molecule has 0 fully saturated rings. The smallest absolute Gasteiger partial charge is 0.261 e. The van der Waals surface area contributed by atoms with Crippen molar-refractivity contribution in [2.24, 2.45) is 0 Å². The van der Waals surface area contributed by atoms with Crippen molar-refractivity contribution in [1.82, 2.24) is 9.55 Å². The number of hydrogen-bond acceptors (Lipinski definition) is 3. The molecule has 0 bridgehead atoms. The summed E-state index contributed by atoms with van der Waals surface area (Å²) in [6.07, 6.45) is 0. The highest BCUT2D eigenvalue weighted by atomic mass is 16.5. The molecule has 0 N–H and O–H groups in total. The van der Waals surface area contributed by atoms with Crippen LogP contribution >= 0.6 is 0 Å². The first kappa shape index (κ1) is 13.4. The molecule has 1 heterocycles. The molecule has 3 rings (SSSR count). The van der Waals surface area contributed by atoms with Gasteiger partial charge in [0, 0.05) is 0 Å². The molecule has 3 aromatic rings. The van der Waals surface area contributed by atoms with Gasteiger partial charge in [-0.1, -0.05) is 36.4 Å². The Labute approximate surface area is 122 Å². The van der Waals surface area contributed by atoms with E-state index >= 15 is 0 Å². The second-order valence-corrected chi connectivity index (χ2v) is 4.89. The summed E-state index contributed by atoms with van der Waals surface area (Å²) in [5, 5.41) is 0.580. The van der Waals surface area contributed by atoms with Crippen molar-refractivity contribution >= 4 is 10.9 Å². The Hall–Kier alpha value is -2.62. The third kappa shape index (κ3) is 2.40. The highest BCUT2D eigenvalue weighted by molar-refractivity contribution is 5.83. The number of nitrogens with zero attached hydrogens (tertiary/aromatic N) is 2. The third-order valence-corrected chi connectivity index (χ3v) is 3.54. The van der Waals surface area contributed by atoms with Gasteiger partial charge in [-0.15, -0.1) is 0 Å². The molecule has 106 valence electrons. The van der Waals surface area contributed by atoms with Gasteiger partial charge in [0.05, 0.1) is 19.0 Å². The standard InChI is InChI=1S/C17H16N2O2/c1-12-18-16-14(9-6-10-15(16)21-2)17(20)19(12)11-13-7-4-3-5-8-13/h3-10H,11H2,1-2H3. The lowest BCUT2D eigenvalue weighted by atomic mass is 10.2. The number of para-hydroxylation sites is 1. The maximum Gasteiger partial charge on any atom is 0.261 e. The minimum absolute atomic E-state index is 0.0414. The number of hydrogen-bond donors (Lipinski definition) is 0. The van der Waals surface area contributed by atoms with Crippen molar-refractivity contribution in [3.63, 3.8) is 0 Å². The van der Waals surface area contributed by atoms with Gasteiger partial charge in [-0.05, 0) is 24.6 Å². The van der Waals surface area contributed by atoms with Gasteiger partial charge >= 0.3 is 0 Å². The lowest BCUT2D eigenvalue weighted by Gasteiger charge is -2.12. The minimum atomic E-state index is -0.0414. The Kier molecular flexibility index (Phi) is 3.44. The van der Waals surface area contributed by atoms with E-state index in [-0.39, 0.29) is 5.56 Å². The van der Waals surface area contributed by atoms with Crippen molar-refractivity contribution < 1.29 is 4.74 Å².